The highest BCUT2D eigenvalue weighted by Gasteiger charge is 2.13. The minimum atomic E-state index is 0.996. The number of hydroxylamine groups is 2. The monoisotopic (exact) mass is 241 g/mol. The minimum absolute atomic E-state index is 0.996. The van der Waals surface area contributed by atoms with Crippen molar-refractivity contribution in [3.8, 4) is 5.75 Å². The Kier molecular flexibility index (Phi) is 3.20. The van der Waals surface area contributed by atoms with Gasteiger partial charge >= 0.3 is 0 Å². The first-order valence-electron chi connectivity index (χ1n) is 6.76. The summed E-state index contributed by atoms with van der Waals surface area (Å²) in [6, 6.07) is 12.7. The fourth-order valence-corrected chi connectivity index (χ4v) is 2.60. The van der Waals surface area contributed by atoms with Crippen LogP contribution in [0.3, 0.4) is 0 Å². The van der Waals surface area contributed by atoms with Gasteiger partial charge in [0.15, 0.2) is 5.75 Å². The van der Waals surface area contributed by atoms with E-state index in [1.807, 2.05) is 0 Å². The second kappa shape index (κ2) is 4.99. The van der Waals surface area contributed by atoms with Crippen LogP contribution in [-0.2, 0) is 0 Å². The van der Waals surface area contributed by atoms with Crippen LogP contribution in [0.4, 0.5) is 0 Å². The number of nitrogens with zero attached hydrogens (tertiary/aromatic N) is 1. The lowest BCUT2D eigenvalue weighted by Gasteiger charge is -2.27. The van der Waals surface area contributed by atoms with Crippen molar-refractivity contribution in [2.45, 2.75) is 26.2 Å². The van der Waals surface area contributed by atoms with Crippen molar-refractivity contribution in [3.05, 3.63) is 42.0 Å². The van der Waals surface area contributed by atoms with Gasteiger partial charge < -0.3 is 4.84 Å². The number of hydrogen-bond donors (Lipinski definition) is 0. The molecule has 0 N–H and O–H groups in total. The highest BCUT2D eigenvalue weighted by Crippen LogP contribution is 2.28. The molecule has 0 atom stereocenters. The van der Waals surface area contributed by atoms with Crippen molar-refractivity contribution in [2.75, 3.05) is 13.1 Å². The first-order valence-corrected chi connectivity index (χ1v) is 6.76. The van der Waals surface area contributed by atoms with E-state index in [0.29, 0.717) is 0 Å². The van der Waals surface area contributed by atoms with Gasteiger partial charge in [-0.1, -0.05) is 36.8 Å². The predicted molar refractivity (Wildman–Crippen MR) is 74.7 cm³/mol. The van der Waals surface area contributed by atoms with E-state index in [-0.39, 0.29) is 0 Å². The van der Waals surface area contributed by atoms with Crippen molar-refractivity contribution in [1.29, 1.82) is 0 Å². The Balaban J connectivity index is 1.89. The summed E-state index contributed by atoms with van der Waals surface area (Å²) in [6.07, 6.45) is 3.82. The topological polar surface area (TPSA) is 12.5 Å². The summed E-state index contributed by atoms with van der Waals surface area (Å²) >= 11 is 0. The van der Waals surface area contributed by atoms with E-state index in [1.165, 1.54) is 35.6 Å². The standard InChI is InChI=1S/C16H19NO/c1-13-15-8-4-3-7-14(15)9-10-16(13)18-17-11-5-2-6-12-17/h3-4,7-10H,2,5-6,11-12H2,1H3. The molecule has 0 aromatic heterocycles. The largest absolute Gasteiger partial charge is 0.406 e. The van der Waals surface area contributed by atoms with Crippen molar-refractivity contribution in [1.82, 2.24) is 5.06 Å². The van der Waals surface area contributed by atoms with Crippen molar-refractivity contribution >= 4 is 10.8 Å². The van der Waals surface area contributed by atoms with Gasteiger partial charge in [-0.05, 0) is 36.6 Å². The Hall–Kier alpha value is -1.54. The van der Waals surface area contributed by atoms with Gasteiger partial charge in [-0.25, -0.2) is 0 Å². The molecule has 0 spiro atoms. The number of fused-ring (bicyclic) bond motifs is 1. The second-order valence-electron chi connectivity index (χ2n) is 4.99. The van der Waals surface area contributed by atoms with Crippen LogP contribution in [0.5, 0.6) is 5.75 Å². The van der Waals surface area contributed by atoms with E-state index in [0.717, 1.165) is 18.8 Å². The van der Waals surface area contributed by atoms with E-state index in [4.69, 9.17) is 4.84 Å². The zero-order valence-electron chi connectivity index (χ0n) is 10.9. The fourth-order valence-electron chi connectivity index (χ4n) is 2.60. The highest BCUT2D eigenvalue weighted by atomic mass is 16.7. The molecule has 0 radical (unpaired) electrons. The molecule has 0 unspecified atom stereocenters. The van der Waals surface area contributed by atoms with Gasteiger partial charge in [0.1, 0.15) is 0 Å². The Morgan fingerprint density at radius 3 is 2.56 bits per heavy atom. The van der Waals surface area contributed by atoms with E-state index in [1.54, 1.807) is 0 Å². The Morgan fingerprint density at radius 1 is 0.944 bits per heavy atom. The molecule has 1 heterocycles. The van der Waals surface area contributed by atoms with Gasteiger partial charge in [-0.3, -0.25) is 0 Å². The first-order chi connectivity index (χ1) is 8.84. The second-order valence-corrected chi connectivity index (χ2v) is 4.99. The van der Waals surface area contributed by atoms with Crippen LogP contribution in [0.1, 0.15) is 24.8 Å². The summed E-state index contributed by atoms with van der Waals surface area (Å²) in [5.41, 5.74) is 1.23. The first kappa shape index (κ1) is 11.5. The maximum Gasteiger partial charge on any atom is 0.151 e. The van der Waals surface area contributed by atoms with Crippen LogP contribution in [0.2, 0.25) is 0 Å². The number of aryl methyl sites for hydroxylation is 1. The van der Waals surface area contributed by atoms with Gasteiger partial charge in [0.05, 0.1) is 0 Å². The van der Waals surface area contributed by atoms with Gasteiger partial charge in [-0.2, -0.15) is 0 Å². The SMILES string of the molecule is Cc1c(ON2CCCCC2)ccc2ccccc12. The van der Waals surface area contributed by atoms with Crippen molar-refractivity contribution < 1.29 is 4.84 Å². The molecule has 0 amide bonds. The Bertz CT molecular complexity index is 544. The molecule has 1 fully saturated rings. The van der Waals surface area contributed by atoms with Crippen molar-refractivity contribution in [2.24, 2.45) is 0 Å². The van der Waals surface area contributed by atoms with Gasteiger partial charge in [0, 0.05) is 18.7 Å². The lowest BCUT2D eigenvalue weighted by Crippen LogP contribution is -2.33. The van der Waals surface area contributed by atoms with Crippen LogP contribution in [0.15, 0.2) is 36.4 Å². The number of benzene rings is 2. The molecule has 2 aromatic rings. The summed E-state index contributed by atoms with van der Waals surface area (Å²) in [5.74, 6) is 0.996. The van der Waals surface area contributed by atoms with Crippen LogP contribution >= 0.6 is 0 Å². The Morgan fingerprint density at radius 2 is 1.72 bits per heavy atom. The quantitative estimate of drug-likeness (QED) is 0.790. The van der Waals surface area contributed by atoms with Gasteiger partial charge in [-0.15, -0.1) is 5.06 Å². The zero-order valence-corrected chi connectivity index (χ0v) is 10.9. The van der Waals surface area contributed by atoms with E-state index in [2.05, 4.69) is 48.4 Å². The maximum absolute atomic E-state index is 6.03. The molecule has 2 nitrogen and oxygen atoms in total. The normalized spacial score (nSPS) is 16.9. The zero-order chi connectivity index (χ0) is 12.4. The molecule has 1 aliphatic heterocycles. The lowest BCUT2D eigenvalue weighted by molar-refractivity contribution is -0.0724. The molecule has 0 aliphatic carbocycles. The average Bonchev–Trinajstić information content (AvgIpc) is 2.43. The molecule has 0 saturated carbocycles. The molecule has 2 heteroatoms. The smallest absolute Gasteiger partial charge is 0.151 e. The number of piperidine rings is 1. The minimum Gasteiger partial charge on any atom is -0.406 e. The summed E-state index contributed by atoms with van der Waals surface area (Å²) in [5, 5.41) is 4.66. The van der Waals surface area contributed by atoms with Crippen molar-refractivity contribution in [3.63, 3.8) is 0 Å². The fraction of sp³-hybridized carbons (Fsp3) is 0.375. The third-order valence-electron chi connectivity index (χ3n) is 3.69. The third-order valence-corrected chi connectivity index (χ3v) is 3.69. The van der Waals surface area contributed by atoms with E-state index in [9.17, 15) is 0 Å². The number of rotatable bonds is 2. The summed E-state index contributed by atoms with van der Waals surface area (Å²) in [4.78, 5) is 6.03. The average molecular weight is 241 g/mol. The van der Waals surface area contributed by atoms with Gasteiger partial charge in [0.25, 0.3) is 0 Å². The lowest BCUT2D eigenvalue weighted by atomic mass is 10.1. The van der Waals surface area contributed by atoms with Crippen LogP contribution in [0.25, 0.3) is 10.8 Å². The van der Waals surface area contributed by atoms with Gasteiger partial charge in [0.2, 0.25) is 0 Å². The number of hydrogen-bond acceptors (Lipinski definition) is 2. The molecule has 0 bridgehead atoms. The van der Waals surface area contributed by atoms with Crippen LogP contribution in [-0.4, -0.2) is 18.2 Å². The maximum atomic E-state index is 6.03. The predicted octanol–water partition coefficient (Wildman–Crippen LogP) is 3.93. The molecule has 3 rings (SSSR count). The summed E-state index contributed by atoms with van der Waals surface area (Å²) < 4.78 is 0. The molecular weight excluding hydrogens is 222 g/mol. The van der Waals surface area contributed by atoms with E-state index >= 15 is 0 Å². The Labute approximate surface area is 108 Å². The summed E-state index contributed by atoms with van der Waals surface area (Å²) in [6.45, 7) is 4.24. The molecular formula is C16H19NO. The molecule has 94 valence electrons. The molecule has 2 aromatic carbocycles. The van der Waals surface area contributed by atoms with E-state index < -0.39 is 0 Å². The van der Waals surface area contributed by atoms with Crippen LogP contribution in [0, 0.1) is 6.92 Å². The highest BCUT2D eigenvalue weighted by molar-refractivity contribution is 5.87. The summed E-state index contributed by atoms with van der Waals surface area (Å²) in [7, 11) is 0. The third kappa shape index (κ3) is 2.21. The molecule has 18 heavy (non-hydrogen) atoms. The van der Waals surface area contributed by atoms with Crippen LogP contribution < -0.4 is 4.84 Å². The molecule has 1 aliphatic rings. The molecule has 1 saturated heterocycles.